The molecule has 170 valence electrons. The Kier molecular flexibility index (Phi) is 9.26. The van der Waals surface area contributed by atoms with E-state index >= 15 is 0 Å². The summed E-state index contributed by atoms with van der Waals surface area (Å²) in [6.07, 6.45) is -0.289. The van der Waals surface area contributed by atoms with Gasteiger partial charge in [-0.3, -0.25) is 19.2 Å². The first kappa shape index (κ1) is 24.1. The lowest BCUT2D eigenvalue weighted by Gasteiger charge is -2.25. The van der Waals surface area contributed by atoms with Crippen molar-refractivity contribution < 1.29 is 28.7 Å². The molecule has 2 rings (SSSR count). The molecular weight excluding hydrogens is 404 g/mol. The van der Waals surface area contributed by atoms with E-state index in [4.69, 9.17) is 9.47 Å². The molecule has 0 radical (unpaired) electrons. The molecule has 0 aromatic heterocycles. The molecule has 1 aliphatic rings. The number of nitrogens with zero attached hydrogens (tertiary/aromatic N) is 2. The fourth-order valence-electron chi connectivity index (χ4n) is 2.90. The zero-order chi connectivity index (χ0) is 22.8. The van der Waals surface area contributed by atoms with Crippen molar-refractivity contribution in [3.05, 3.63) is 29.8 Å². The van der Waals surface area contributed by atoms with Crippen molar-refractivity contribution in [1.82, 2.24) is 20.4 Å². The van der Waals surface area contributed by atoms with Crippen molar-refractivity contribution in [2.45, 2.75) is 19.4 Å². The quantitative estimate of drug-likeness (QED) is 0.611. The predicted molar refractivity (Wildman–Crippen MR) is 113 cm³/mol. The SMILES string of the molecule is CCOCCNC(=O)[C@@H]1CC(=O)N(C)CC(=O)N(C)CCOc2ccccc2C(=O)N1. The van der Waals surface area contributed by atoms with Crippen LogP contribution in [-0.4, -0.2) is 93.0 Å². The fraction of sp³-hybridized carbons (Fsp3) is 0.524. The summed E-state index contributed by atoms with van der Waals surface area (Å²) in [7, 11) is 3.10. The van der Waals surface area contributed by atoms with Gasteiger partial charge in [0.1, 0.15) is 18.4 Å². The van der Waals surface area contributed by atoms with Crippen LogP contribution in [0.4, 0.5) is 0 Å². The number of rotatable bonds is 5. The number of amides is 4. The Morgan fingerprint density at radius 2 is 1.94 bits per heavy atom. The number of fused-ring (bicyclic) bond motifs is 1. The Balaban J connectivity index is 2.26. The fourth-order valence-corrected chi connectivity index (χ4v) is 2.90. The Morgan fingerprint density at radius 1 is 1.19 bits per heavy atom. The van der Waals surface area contributed by atoms with Gasteiger partial charge in [-0.2, -0.15) is 0 Å². The molecular formula is C21H30N4O6. The van der Waals surface area contributed by atoms with Gasteiger partial charge in [0.05, 0.1) is 31.7 Å². The molecule has 0 saturated heterocycles. The normalized spacial score (nSPS) is 18.5. The van der Waals surface area contributed by atoms with Crippen LogP contribution in [0, 0.1) is 0 Å². The molecule has 10 heteroatoms. The summed E-state index contributed by atoms with van der Waals surface area (Å²) >= 11 is 0. The van der Waals surface area contributed by atoms with Crippen molar-refractivity contribution >= 4 is 23.6 Å². The van der Waals surface area contributed by atoms with E-state index in [9.17, 15) is 19.2 Å². The lowest BCUT2D eigenvalue weighted by molar-refractivity contribution is -0.140. The second-order valence-corrected chi connectivity index (χ2v) is 7.13. The maximum Gasteiger partial charge on any atom is 0.255 e. The summed E-state index contributed by atoms with van der Waals surface area (Å²) in [5.74, 6) is -1.40. The van der Waals surface area contributed by atoms with Gasteiger partial charge in [-0.05, 0) is 19.1 Å². The number of hydrogen-bond donors (Lipinski definition) is 2. The van der Waals surface area contributed by atoms with Gasteiger partial charge >= 0.3 is 0 Å². The van der Waals surface area contributed by atoms with E-state index in [1.165, 1.54) is 16.8 Å². The van der Waals surface area contributed by atoms with Crippen molar-refractivity contribution in [2.75, 3.05) is 53.6 Å². The van der Waals surface area contributed by atoms with Gasteiger partial charge in [-0.25, -0.2) is 0 Å². The van der Waals surface area contributed by atoms with Crippen molar-refractivity contribution in [2.24, 2.45) is 0 Å². The molecule has 0 aliphatic carbocycles. The third-order valence-corrected chi connectivity index (χ3v) is 4.79. The maximum absolute atomic E-state index is 12.9. The molecule has 1 aromatic carbocycles. The molecule has 1 aromatic rings. The zero-order valence-electron chi connectivity index (χ0n) is 18.2. The number of para-hydroxylation sites is 1. The minimum Gasteiger partial charge on any atom is -0.491 e. The van der Waals surface area contributed by atoms with Crippen LogP contribution in [0.3, 0.4) is 0 Å². The molecule has 0 unspecified atom stereocenters. The summed E-state index contributed by atoms with van der Waals surface area (Å²) in [5.41, 5.74) is 0.237. The predicted octanol–water partition coefficient (Wildman–Crippen LogP) is -0.363. The minimum atomic E-state index is -1.12. The van der Waals surface area contributed by atoms with Crippen LogP contribution in [0.2, 0.25) is 0 Å². The molecule has 2 N–H and O–H groups in total. The average Bonchev–Trinajstić information content (AvgIpc) is 2.75. The van der Waals surface area contributed by atoms with Gasteiger partial charge in [-0.1, -0.05) is 12.1 Å². The third kappa shape index (κ3) is 7.25. The number of benzene rings is 1. The second kappa shape index (κ2) is 11.9. The van der Waals surface area contributed by atoms with E-state index in [1.54, 1.807) is 31.3 Å². The van der Waals surface area contributed by atoms with E-state index < -0.39 is 23.8 Å². The molecule has 1 aliphatic heterocycles. The van der Waals surface area contributed by atoms with Crippen LogP contribution in [-0.2, 0) is 19.1 Å². The van der Waals surface area contributed by atoms with Crippen LogP contribution in [0.25, 0.3) is 0 Å². The number of ether oxygens (including phenoxy) is 2. The second-order valence-electron chi connectivity index (χ2n) is 7.13. The van der Waals surface area contributed by atoms with Gasteiger partial charge in [0.15, 0.2) is 0 Å². The van der Waals surface area contributed by atoms with Crippen molar-refractivity contribution in [3.8, 4) is 5.75 Å². The molecule has 0 fully saturated rings. The average molecular weight is 434 g/mol. The lowest BCUT2D eigenvalue weighted by atomic mass is 10.1. The molecule has 1 atom stereocenters. The first-order valence-corrected chi connectivity index (χ1v) is 10.2. The first-order valence-electron chi connectivity index (χ1n) is 10.2. The monoisotopic (exact) mass is 434 g/mol. The highest BCUT2D eigenvalue weighted by atomic mass is 16.5. The highest BCUT2D eigenvalue weighted by molar-refractivity contribution is 6.00. The van der Waals surface area contributed by atoms with Crippen LogP contribution in [0.15, 0.2) is 24.3 Å². The molecule has 4 amide bonds. The molecule has 0 bridgehead atoms. The number of nitrogens with one attached hydrogen (secondary N) is 2. The minimum absolute atomic E-state index is 0.140. The van der Waals surface area contributed by atoms with E-state index in [1.807, 2.05) is 6.92 Å². The standard InChI is InChI=1S/C21H30N4O6/c1-4-30-11-9-22-21(29)16-13-18(26)25(3)14-19(27)24(2)10-12-31-17-8-6-5-7-15(17)20(28)23-16/h5-8,16H,4,9-14H2,1-3H3,(H,22,29)(H,23,28)/t16-/m0/s1. The van der Waals surface area contributed by atoms with Crippen molar-refractivity contribution in [3.63, 3.8) is 0 Å². The Morgan fingerprint density at radius 3 is 2.68 bits per heavy atom. The maximum atomic E-state index is 12.9. The smallest absolute Gasteiger partial charge is 0.255 e. The zero-order valence-corrected chi connectivity index (χ0v) is 18.2. The molecule has 1 heterocycles. The highest BCUT2D eigenvalue weighted by Crippen LogP contribution is 2.18. The van der Waals surface area contributed by atoms with E-state index in [-0.39, 0.29) is 37.6 Å². The summed E-state index contributed by atoms with van der Waals surface area (Å²) in [6.45, 7) is 3.23. The van der Waals surface area contributed by atoms with E-state index in [0.717, 1.165) is 0 Å². The Bertz CT molecular complexity index is 800. The van der Waals surface area contributed by atoms with Gasteiger partial charge < -0.3 is 29.9 Å². The Labute approximate surface area is 181 Å². The van der Waals surface area contributed by atoms with Gasteiger partial charge in [0.25, 0.3) is 5.91 Å². The summed E-state index contributed by atoms with van der Waals surface area (Å²) in [4.78, 5) is 53.3. The van der Waals surface area contributed by atoms with Gasteiger partial charge in [0.2, 0.25) is 17.7 Å². The topological polar surface area (TPSA) is 117 Å². The number of likely N-dealkylation sites (N-methyl/N-ethyl adjacent to an activating group) is 2. The number of carbonyl (C=O) groups is 4. The van der Waals surface area contributed by atoms with Crippen LogP contribution >= 0.6 is 0 Å². The molecule has 31 heavy (non-hydrogen) atoms. The third-order valence-electron chi connectivity index (χ3n) is 4.79. The molecule has 0 saturated carbocycles. The number of carbonyl (C=O) groups excluding carboxylic acids is 4. The summed E-state index contributed by atoms with van der Waals surface area (Å²) < 4.78 is 10.9. The van der Waals surface area contributed by atoms with Gasteiger partial charge in [0, 0.05) is 27.2 Å². The van der Waals surface area contributed by atoms with Gasteiger partial charge in [-0.15, -0.1) is 0 Å². The first-order chi connectivity index (χ1) is 14.8. The summed E-state index contributed by atoms with van der Waals surface area (Å²) in [6, 6.07) is 5.49. The van der Waals surface area contributed by atoms with Crippen LogP contribution in [0.5, 0.6) is 5.75 Å². The molecule has 10 nitrogen and oxygen atoms in total. The van der Waals surface area contributed by atoms with Crippen LogP contribution in [0.1, 0.15) is 23.7 Å². The van der Waals surface area contributed by atoms with Crippen molar-refractivity contribution in [1.29, 1.82) is 0 Å². The Hall–Kier alpha value is -3.14. The van der Waals surface area contributed by atoms with Crippen LogP contribution < -0.4 is 15.4 Å². The summed E-state index contributed by atoms with van der Waals surface area (Å²) in [5, 5.41) is 5.29. The lowest BCUT2D eigenvalue weighted by Crippen LogP contribution is -2.50. The van der Waals surface area contributed by atoms with E-state index in [2.05, 4.69) is 10.6 Å². The van der Waals surface area contributed by atoms with E-state index in [0.29, 0.717) is 25.5 Å². The number of hydrogen-bond acceptors (Lipinski definition) is 6. The molecule has 0 spiro atoms. The largest absolute Gasteiger partial charge is 0.491 e. The highest BCUT2D eigenvalue weighted by Gasteiger charge is 2.28.